The average Bonchev–Trinajstić information content (AvgIpc) is 2.40. The number of nitrogens with one attached hydrogen (secondary N) is 1. The topological polar surface area (TPSA) is 62.9 Å². The van der Waals surface area contributed by atoms with E-state index >= 15 is 0 Å². The van der Waals surface area contributed by atoms with Crippen molar-refractivity contribution in [3.8, 4) is 12.1 Å². The van der Waals surface area contributed by atoms with Crippen molar-refractivity contribution in [2.24, 2.45) is 0 Å². The minimum atomic E-state index is 0.390. The van der Waals surface area contributed by atoms with Gasteiger partial charge in [0.25, 0.3) is 0 Å². The fourth-order valence-electron chi connectivity index (χ4n) is 2.28. The minimum absolute atomic E-state index is 0.390. The standard InChI is InChI=1S/C14H16N4/c1-10-9-18(11(2)8-17-10)14-4-3-12(6-15)13(5-14)7-16/h3-5,10-11,17H,8-9H2,1-2H3/t10-,11+/m1/s1. The largest absolute Gasteiger partial charge is 0.366 e. The Hall–Kier alpha value is -2.04. The van der Waals surface area contributed by atoms with Gasteiger partial charge in [0.1, 0.15) is 12.1 Å². The summed E-state index contributed by atoms with van der Waals surface area (Å²) in [7, 11) is 0. The van der Waals surface area contributed by atoms with Crippen LogP contribution in [0.5, 0.6) is 0 Å². The molecular formula is C14H16N4. The van der Waals surface area contributed by atoms with Gasteiger partial charge in [-0.2, -0.15) is 10.5 Å². The van der Waals surface area contributed by atoms with Crippen molar-refractivity contribution in [3.63, 3.8) is 0 Å². The molecule has 1 saturated heterocycles. The number of hydrogen-bond acceptors (Lipinski definition) is 4. The molecule has 0 unspecified atom stereocenters. The van der Waals surface area contributed by atoms with Gasteiger partial charge >= 0.3 is 0 Å². The molecule has 1 fully saturated rings. The van der Waals surface area contributed by atoms with E-state index in [1.807, 2.05) is 18.2 Å². The molecule has 0 aromatic heterocycles. The fourth-order valence-corrected chi connectivity index (χ4v) is 2.28. The predicted molar refractivity (Wildman–Crippen MR) is 70.1 cm³/mol. The second-order valence-corrected chi connectivity index (χ2v) is 4.76. The molecule has 1 aliphatic rings. The first-order valence-electron chi connectivity index (χ1n) is 6.10. The van der Waals surface area contributed by atoms with Crippen LogP contribution in [0.15, 0.2) is 18.2 Å². The number of anilines is 1. The summed E-state index contributed by atoms with van der Waals surface area (Å²) in [6, 6.07) is 10.4. The molecule has 18 heavy (non-hydrogen) atoms. The highest BCUT2D eigenvalue weighted by Gasteiger charge is 2.23. The second kappa shape index (κ2) is 5.08. The molecule has 1 N–H and O–H groups in total. The minimum Gasteiger partial charge on any atom is -0.366 e. The molecule has 1 aromatic rings. The van der Waals surface area contributed by atoms with E-state index in [2.05, 4.69) is 30.1 Å². The lowest BCUT2D eigenvalue weighted by atomic mass is 10.1. The van der Waals surface area contributed by atoms with E-state index in [4.69, 9.17) is 10.5 Å². The quantitative estimate of drug-likeness (QED) is 0.810. The van der Waals surface area contributed by atoms with Gasteiger partial charge in [0.05, 0.1) is 11.1 Å². The van der Waals surface area contributed by atoms with Crippen molar-refractivity contribution in [1.29, 1.82) is 10.5 Å². The van der Waals surface area contributed by atoms with Gasteiger partial charge in [-0.3, -0.25) is 0 Å². The zero-order valence-electron chi connectivity index (χ0n) is 10.6. The van der Waals surface area contributed by atoms with Crippen LogP contribution in [0.3, 0.4) is 0 Å². The van der Waals surface area contributed by atoms with Crippen LogP contribution in [0.25, 0.3) is 0 Å². The molecular weight excluding hydrogens is 224 g/mol. The second-order valence-electron chi connectivity index (χ2n) is 4.76. The molecule has 2 atom stereocenters. The number of benzene rings is 1. The van der Waals surface area contributed by atoms with Crippen LogP contribution in [0.2, 0.25) is 0 Å². The van der Waals surface area contributed by atoms with Crippen molar-refractivity contribution < 1.29 is 0 Å². The first-order valence-corrected chi connectivity index (χ1v) is 6.10. The highest BCUT2D eigenvalue weighted by atomic mass is 15.2. The highest BCUT2D eigenvalue weighted by Crippen LogP contribution is 2.22. The van der Waals surface area contributed by atoms with E-state index in [1.54, 1.807) is 6.07 Å². The van der Waals surface area contributed by atoms with E-state index in [0.29, 0.717) is 23.2 Å². The van der Waals surface area contributed by atoms with Gasteiger partial charge in [-0.05, 0) is 32.0 Å². The summed E-state index contributed by atoms with van der Waals surface area (Å²) >= 11 is 0. The predicted octanol–water partition coefficient (Wildman–Crippen LogP) is 1.62. The number of rotatable bonds is 1. The third kappa shape index (κ3) is 2.30. The number of piperazine rings is 1. The Morgan fingerprint density at radius 3 is 2.61 bits per heavy atom. The zero-order chi connectivity index (χ0) is 13.1. The SMILES string of the molecule is C[C@@H]1CN(c2ccc(C#N)c(C#N)c2)[C@@H](C)CN1. The van der Waals surface area contributed by atoms with Gasteiger partial charge in [0, 0.05) is 30.9 Å². The normalized spacial score (nSPS) is 23.2. The van der Waals surface area contributed by atoms with E-state index in [9.17, 15) is 0 Å². The van der Waals surface area contributed by atoms with Gasteiger partial charge in [-0.15, -0.1) is 0 Å². The van der Waals surface area contributed by atoms with Gasteiger partial charge in [0.15, 0.2) is 0 Å². The van der Waals surface area contributed by atoms with Gasteiger partial charge < -0.3 is 10.2 Å². The summed E-state index contributed by atoms with van der Waals surface area (Å²) in [6.07, 6.45) is 0. The lowest BCUT2D eigenvalue weighted by Crippen LogP contribution is -2.54. The van der Waals surface area contributed by atoms with Gasteiger partial charge in [-0.1, -0.05) is 0 Å². The molecule has 0 amide bonds. The van der Waals surface area contributed by atoms with Crippen molar-refractivity contribution in [3.05, 3.63) is 29.3 Å². The molecule has 1 aromatic carbocycles. The lowest BCUT2D eigenvalue weighted by molar-refractivity contribution is 0.425. The zero-order valence-corrected chi connectivity index (χ0v) is 10.6. The smallest absolute Gasteiger partial charge is 0.101 e. The Morgan fingerprint density at radius 2 is 1.94 bits per heavy atom. The van der Waals surface area contributed by atoms with Crippen molar-refractivity contribution in [2.75, 3.05) is 18.0 Å². The van der Waals surface area contributed by atoms with Gasteiger partial charge in [-0.25, -0.2) is 0 Å². The summed E-state index contributed by atoms with van der Waals surface area (Å²) in [5.74, 6) is 0. The lowest BCUT2D eigenvalue weighted by Gasteiger charge is -2.39. The number of nitriles is 2. The third-order valence-corrected chi connectivity index (χ3v) is 3.34. The van der Waals surface area contributed by atoms with E-state index in [1.165, 1.54) is 0 Å². The van der Waals surface area contributed by atoms with Crippen LogP contribution in [0.4, 0.5) is 5.69 Å². The molecule has 0 aliphatic carbocycles. The van der Waals surface area contributed by atoms with Crippen molar-refractivity contribution >= 4 is 5.69 Å². The summed E-state index contributed by atoms with van der Waals surface area (Å²) in [6.45, 7) is 6.15. The Morgan fingerprint density at radius 1 is 1.22 bits per heavy atom. The summed E-state index contributed by atoms with van der Waals surface area (Å²) in [5.41, 5.74) is 1.91. The van der Waals surface area contributed by atoms with Crippen molar-refractivity contribution in [2.45, 2.75) is 25.9 Å². The molecule has 4 heteroatoms. The molecule has 1 heterocycles. The highest BCUT2D eigenvalue weighted by molar-refractivity contribution is 5.58. The molecule has 0 spiro atoms. The van der Waals surface area contributed by atoms with Gasteiger partial charge in [0.2, 0.25) is 0 Å². The first kappa shape index (κ1) is 12.4. The summed E-state index contributed by atoms with van der Waals surface area (Å²) in [4.78, 5) is 2.28. The third-order valence-electron chi connectivity index (χ3n) is 3.34. The molecule has 2 rings (SSSR count). The van der Waals surface area contributed by atoms with Crippen LogP contribution >= 0.6 is 0 Å². The monoisotopic (exact) mass is 240 g/mol. The summed E-state index contributed by atoms with van der Waals surface area (Å²) < 4.78 is 0. The molecule has 4 nitrogen and oxygen atoms in total. The summed E-state index contributed by atoms with van der Waals surface area (Å²) in [5, 5.41) is 21.4. The van der Waals surface area contributed by atoms with Crippen molar-refractivity contribution in [1.82, 2.24) is 5.32 Å². The van der Waals surface area contributed by atoms with E-state index in [0.717, 1.165) is 18.8 Å². The number of hydrogen-bond donors (Lipinski definition) is 1. The van der Waals surface area contributed by atoms with Crippen LogP contribution < -0.4 is 10.2 Å². The molecule has 1 aliphatic heterocycles. The van der Waals surface area contributed by atoms with Crippen LogP contribution in [0.1, 0.15) is 25.0 Å². The first-order chi connectivity index (χ1) is 8.65. The molecule has 0 saturated carbocycles. The maximum absolute atomic E-state index is 9.06. The Balaban J connectivity index is 2.34. The van der Waals surface area contributed by atoms with Crippen LogP contribution in [-0.2, 0) is 0 Å². The van der Waals surface area contributed by atoms with E-state index < -0.39 is 0 Å². The maximum Gasteiger partial charge on any atom is 0.101 e. The van der Waals surface area contributed by atoms with Crippen LogP contribution in [0, 0.1) is 22.7 Å². The fraction of sp³-hybridized carbons (Fsp3) is 0.429. The van der Waals surface area contributed by atoms with E-state index in [-0.39, 0.29) is 0 Å². The Kier molecular flexibility index (Phi) is 3.50. The Labute approximate surface area is 107 Å². The average molecular weight is 240 g/mol. The maximum atomic E-state index is 9.06. The molecule has 92 valence electrons. The molecule has 0 bridgehead atoms. The van der Waals surface area contributed by atoms with Crippen LogP contribution in [-0.4, -0.2) is 25.2 Å². The molecule has 0 radical (unpaired) electrons. The Bertz CT molecular complexity index is 524. The number of nitrogens with zero attached hydrogens (tertiary/aromatic N) is 3.